The van der Waals surface area contributed by atoms with Crippen LogP contribution in [0.25, 0.3) is 0 Å². The summed E-state index contributed by atoms with van der Waals surface area (Å²) in [4.78, 5) is 11.5. The molecule has 4 unspecified atom stereocenters. The van der Waals surface area contributed by atoms with Gasteiger partial charge in [0.05, 0.1) is 0 Å². The summed E-state index contributed by atoms with van der Waals surface area (Å²) in [6.07, 6.45) is 4.33. The van der Waals surface area contributed by atoms with Gasteiger partial charge in [-0.1, -0.05) is 0 Å². The molecule has 3 aliphatic carbocycles. The van der Waals surface area contributed by atoms with E-state index < -0.39 is 5.97 Å². The summed E-state index contributed by atoms with van der Waals surface area (Å²) < 4.78 is 0. The van der Waals surface area contributed by atoms with Crippen molar-refractivity contribution in [1.29, 1.82) is 0 Å². The zero-order chi connectivity index (χ0) is 12.3. The van der Waals surface area contributed by atoms with Gasteiger partial charge in [0.15, 0.2) is 0 Å². The molecule has 0 amide bonds. The van der Waals surface area contributed by atoms with Gasteiger partial charge in [0.2, 0.25) is 0 Å². The molecule has 2 bridgehead atoms. The smallest absolute Gasteiger partial charge is 0.346 e. The summed E-state index contributed by atoms with van der Waals surface area (Å²) in [6.45, 7) is 0.724. The first-order valence-corrected chi connectivity index (χ1v) is 7.66. The molecule has 0 spiro atoms. The molecule has 0 saturated heterocycles. The van der Waals surface area contributed by atoms with Crippen LogP contribution in [0.2, 0.25) is 0 Å². The molecule has 3 fully saturated rings. The van der Waals surface area contributed by atoms with Gasteiger partial charge in [0.25, 0.3) is 0 Å². The first kappa shape index (κ1) is 11.0. The lowest BCUT2D eigenvalue weighted by atomic mass is 10.0. The van der Waals surface area contributed by atoms with Crippen LogP contribution < -0.4 is 5.32 Å². The summed E-state index contributed by atoms with van der Waals surface area (Å²) in [5, 5.41) is 14.5. The number of thiophene rings is 1. The van der Waals surface area contributed by atoms with Crippen LogP contribution in [-0.2, 0) is 6.54 Å². The highest BCUT2D eigenvalue weighted by Gasteiger charge is 2.64. The Hall–Kier alpha value is -0.870. The molecule has 0 radical (unpaired) electrons. The Morgan fingerprint density at radius 2 is 2.11 bits per heavy atom. The fourth-order valence-corrected chi connectivity index (χ4v) is 5.25. The van der Waals surface area contributed by atoms with E-state index in [4.69, 9.17) is 5.11 Å². The third-order valence-electron chi connectivity index (χ3n) is 5.20. The number of nitrogens with one attached hydrogen (secondary N) is 1. The Morgan fingerprint density at radius 3 is 2.78 bits per heavy atom. The van der Waals surface area contributed by atoms with Crippen LogP contribution in [-0.4, -0.2) is 17.1 Å². The first-order chi connectivity index (χ1) is 8.75. The highest BCUT2D eigenvalue weighted by molar-refractivity contribution is 7.12. The predicted octanol–water partition coefficient (Wildman–Crippen LogP) is 2.58. The molecule has 3 nitrogen and oxygen atoms in total. The Balaban J connectivity index is 1.40. The molecule has 1 heterocycles. The summed E-state index contributed by atoms with van der Waals surface area (Å²) >= 11 is 1.32. The second-order valence-corrected chi connectivity index (χ2v) is 6.89. The molecule has 3 saturated carbocycles. The van der Waals surface area contributed by atoms with Crippen LogP contribution in [0.4, 0.5) is 0 Å². The van der Waals surface area contributed by atoms with Crippen molar-refractivity contribution in [3.8, 4) is 0 Å². The number of rotatable bonds is 4. The molecule has 0 aliphatic heterocycles. The molecule has 4 atom stereocenters. The summed E-state index contributed by atoms with van der Waals surface area (Å²) in [7, 11) is 0. The van der Waals surface area contributed by atoms with E-state index in [-0.39, 0.29) is 0 Å². The fourth-order valence-electron chi connectivity index (χ4n) is 4.49. The third kappa shape index (κ3) is 1.48. The van der Waals surface area contributed by atoms with Crippen LogP contribution in [0.3, 0.4) is 0 Å². The van der Waals surface area contributed by atoms with E-state index in [1.807, 2.05) is 11.4 Å². The van der Waals surface area contributed by atoms with E-state index in [1.54, 1.807) is 0 Å². The van der Waals surface area contributed by atoms with Crippen molar-refractivity contribution in [3.63, 3.8) is 0 Å². The quantitative estimate of drug-likeness (QED) is 0.878. The lowest BCUT2D eigenvalue weighted by Gasteiger charge is -2.10. The minimum atomic E-state index is -0.794. The van der Waals surface area contributed by atoms with E-state index in [9.17, 15) is 4.79 Å². The van der Waals surface area contributed by atoms with Gasteiger partial charge in [-0.25, -0.2) is 4.79 Å². The maximum atomic E-state index is 11.0. The molecule has 4 rings (SSSR count). The number of hydrogen-bond donors (Lipinski definition) is 2. The Morgan fingerprint density at radius 1 is 1.39 bits per heavy atom. The van der Waals surface area contributed by atoms with Crippen molar-refractivity contribution in [2.24, 2.45) is 23.7 Å². The third-order valence-corrected chi connectivity index (χ3v) is 6.15. The highest BCUT2D eigenvalue weighted by Crippen LogP contribution is 2.65. The lowest BCUT2D eigenvalue weighted by Crippen LogP contribution is -2.23. The average Bonchev–Trinajstić information content (AvgIpc) is 2.80. The minimum absolute atomic E-state index is 0.497. The molecular weight excluding hydrogens is 246 g/mol. The zero-order valence-corrected chi connectivity index (χ0v) is 11.0. The SMILES string of the molecule is O=C(O)c1sccc1CNC1C2C3CCC(C3)C12. The number of carboxylic acid groups (broad SMARTS) is 1. The standard InChI is InChI=1S/C14H17NO2S/c16-14(17)13-9(3-4-18-13)6-15-12-10-7-1-2-8(5-7)11(10)12/h3-4,7-8,10-12,15H,1-2,5-6H2,(H,16,17). The average molecular weight is 263 g/mol. The number of aromatic carboxylic acids is 1. The molecule has 3 aliphatic rings. The van der Waals surface area contributed by atoms with Gasteiger partial charge in [0, 0.05) is 12.6 Å². The van der Waals surface area contributed by atoms with Crippen LogP contribution in [0, 0.1) is 23.7 Å². The van der Waals surface area contributed by atoms with Crippen LogP contribution in [0.5, 0.6) is 0 Å². The maximum Gasteiger partial charge on any atom is 0.346 e. The topological polar surface area (TPSA) is 49.3 Å². The maximum absolute atomic E-state index is 11.0. The Labute approximate surface area is 110 Å². The van der Waals surface area contributed by atoms with Gasteiger partial charge in [-0.2, -0.15) is 0 Å². The molecule has 96 valence electrons. The summed E-state index contributed by atoms with van der Waals surface area (Å²) in [5.41, 5.74) is 0.949. The normalized spacial score (nSPS) is 39.9. The van der Waals surface area contributed by atoms with Crippen molar-refractivity contribution >= 4 is 17.3 Å². The largest absolute Gasteiger partial charge is 0.477 e. The lowest BCUT2D eigenvalue weighted by molar-refractivity contribution is 0.0701. The van der Waals surface area contributed by atoms with E-state index >= 15 is 0 Å². The number of hydrogen-bond acceptors (Lipinski definition) is 3. The Kier molecular flexibility index (Phi) is 2.33. The highest BCUT2D eigenvalue weighted by atomic mass is 32.1. The van der Waals surface area contributed by atoms with Gasteiger partial charge in [-0.15, -0.1) is 11.3 Å². The molecule has 18 heavy (non-hydrogen) atoms. The van der Waals surface area contributed by atoms with Crippen LogP contribution >= 0.6 is 11.3 Å². The molecule has 1 aromatic rings. The first-order valence-electron chi connectivity index (χ1n) is 6.79. The van der Waals surface area contributed by atoms with Gasteiger partial charge >= 0.3 is 5.97 Å². The van der Waals surface area contributed by atoms with Crippen molar-refractivity contribution < 1.29 is 9.90 Å². The van der Waals surface area contributed by atoms with Crippen LogP contribution in [0.1, 0.15) is 34.5 Å². The van der Waals surface area contributed by atoms with E-state index in [2.05, 4.69) is 5.32 Å². The molecule has 4 heteroatoms. The van der Waals surface area contributed by atoms with E-state index in [0.29, 0.717) is 10.9 Å². The van der Waals surface area contributed by atoms with Crippen molar-refractivity contribution in [2.75, 3.05) is 0 Å². The van der Waals surface area contributed by atoms with Crippen molar-refractivity contribution in [2.45, 2.75) is 31.8 Å². The van der Waals surface area contributed by atoms with Gasteiger partial charge in [-0.05, 0) is 59.9 Å². The van der Waals surface area contributed by atoms with Gasteiger partial charge in [0.1, 0.15) is 4.88 Å². The second-order valence-electron chi connectivity index (χ2n) is 5.97. The number of carbonyl (C=O) groups is 1. The molecule has 2 N–H and O–H groups in total. The molecular formula is C14H17NO2S. The van der Waals surface area contributed by atoms with Crippen molar-refractivity contribution in [1.82, 2.24) is 5.32 Å². The van der Waals surface area contributed by atoms with Gasteiger partial charge < -0.3 is 10.4 Å². The monoisotopic (exact) mass is 263 g/mol. The van der Waals surface area contributed by atoms with E-state index in [0.717, 1.165) is 35.8 Å². The zero-order valence-electron chi connectivity index (χ0n) is 10.1. The summed E-state index contributed by atoms with van der Waals surface area (Å²) in [6, 6.07) is 2.62. The number of carboxylic acids is 1. The van der Waals surface area contributed by atoms with Crippen molar-refractivity contribution in [3.05, 3.63) is 21.9 Å². The van der Waals surface area contributed by atoms with E-state index in [1.165, 1.54) is 30.6 Å². The Bertz CT molecular complexity index is 482. The summed E-state index contributed by atoms with van der Waals surface area (Å²) in [5.74, 6) is 2.97. The molecule has 1 aromatic heterocycles. The fraction of sp³-hybridized carbons (Fsp3) is 0.643. The van der Waals surface area contributed by atoms with Crippen LogP contribution in [0.15, 0.2) is 11.4 Å². The molecule has 0 aromatic carbocycles. The number of fused-ring (bicyclic) bond motifs is 5. The second kappa shape index (κ2) is 3.81. The van der Waals surface area contributed by atoms with Gasteiger partial charge in [-0.3, -0.25) is 0 Å². The predicted molar refractivity (Wildman–Crippen MR) is 69.7 cm³/mol. The minimum Gasteiger partial charge on any atom is -0.477 e.